The Hall–Kier alpha value is -5.18. The zero-order valence-electron chi connectivity index (χ0n) is 25.4. The highest BCUT2D eigenvalue weighted by Gasteiger charge is 2.41. The fourth-order valence-electron chi connectivity index (χ4n) is 7.12. The maximum Gasteiger partial charge on any atom is 0.259 e. The summed E-state index contributed by atoms with van der Waals surface area (Å²) >= 11 is 0. The summed E-state index contributed by atoms with van der Waals surface area (Å²) in [6, 6.07) is 19.1. The van der Waals surface area contributed by atoms with E-state index in [2.05, 4.69) is 10.2 Å². The standard InChI is InChI=1S/C36H31F2N5O4/c37-27-18-24(32(20-44)42-14-12-41(13-15-42)29-8-4-21(19-39)16-28(29)38)6-5-23(27)17-22-7-9-30-34-25(22)2-1-3-26(34)36(47)43(30)31-10-11-33(45)40-35(31)46/h1-9,16,18,31-32,44H,10-15,17,20H2,(H,40,45,46). The largest absolute Gasteiger partial charge is 0.394 e. The van der Waals surface area contributed by atoms with Crippen LogP contribution in [0.3, 0.4) is 0 Å². The molecule has 4 aromatic carbocycles. The Morgan fingerprint density at radius 1 is 0.915 bits per heavy atom. The van der Waals surface area contributed by atoms with Crippen molar-refractivity contribution in [1.82, 2.24) is 10.2 Å². The molecule has 238 valence electrons. The van der Waals surface area contributed by atoms with Crippen molar-refractivity contribution >= 4 is 39.9 Å². The molecular weight excluding hydrogens is 604 g/mol. The first-order valence-electron chi connectivity index (χ1n) is 15.6. The van der Waals surface area contributed by atoms with E-state index in [1.165, 1.54) is 17.0 Å². The van der Waals surface area contributed by atoms with E-state index >= 15 is 4.39 Å². The molecule has 0 saturated carbocycles. The number of nitrogens with one attached hydrogen (secondary N) is 1. The highest BCUT2D eigenvalue weighted by molar-refractivity contribution is 6.27. The number of nitrogens with zero attached hydrogens (tertiary/aromatic N) is 4. The molecule has 0 radical (unpaired) electrons. The molecular formula is C36H31F2N5O4. The number of piperidine rings is 1. The summed E-state index contributed by atoms with van der Waals surface area (Å²) in [7, 11) is 0. The monoisotopic (exact) mass is 635 g/mol. The van der Waals surface area contributed by atoms with Gasteiger partial charge in [-0.05, 0) is 64.9 Å². The predicted molar refractivity (Wildman–Crippen MR) is 171 cm³/mol. The van der Waals surface area contributed by atoms with Crippen LogP contribution < -0.4 is 15.1 Å². The fourth-order valence-corrected chi connectivity index (χ4v) is 7.12. The molecule has 3 heterocycles. The van der Waals surface area contributed by atoms with Gasteiger partial charge in [-0.25, -0.2) is 8.78 Å². The Morgan fingerprint density at radius 3 is 2.38 bits per heavy atom. The number of piperazine rings is 1. The lowest BCUT2D eigenvalue weighted by Gasteiger charge is -2.40. The van der Waals surface area contributed by atoms with Gasteiger partial charge < -0.3 is 10.0 Å². The molecule has 0 bridgehead atoms. The molecule has 0 spiro atoms. The maximum atomic E-state index is 15.7. The Balaban J connectivity index is 1.09. The second-order valence-corrected chi connectivity index (χ2v) is 12.1. The molecule has 0 aliphatic carbocycles. The number of amides is 3. The predicted octanol–water partition coefficient (Wildman–Crippen LogP) is 4.20. The van der Waals surface area contributed by atoms with Crippen LogP contribution in [0.4, 0.5) is 20.2 Å². The number of nitriles is 1. The minimum absolute atomic E-state index is 0.152. The zero-order chi connectivity index (χ0) is 32.8. The normalized spacial score (nSPS) is 18.9. The van der Waals surface area contributed by atoms with Gasteiger partial charge in [0.05, 0.1) is 35.7 Å². The molecule has 47 heavy (non-hydrogen) atoms. The van der Waals surface area contributed by atoms with Gasteiger partial charge in [-0.15, -0.1) is 0 Å². The number of anilines is 2. The Bertz CT molecular complexity index is 1980. The molecule has 2 N–H and O–H groups in total. The van der Waals surface area contributed by atoms with Gasteiger partial charge in [-0.2, -0.15) is 5.26 Å². The van der Waals surface area contributed by atoms with E-state index in [9.17, 15) is 23.9 Å². The fraction of sp³-hybridized carbons (Fsp3) is 0.278. The quantitative estimate of drug-likeness (QED) is 0.293. The summed E-state index contributed by atoms with van der Waals surface area (Å²) in [4.78, 5) is 43.2. The van der Waals surface area contributed by atoms with Gasteiger partial charge in [0.2, 0.25) is 11.8 Å². The van der Waals surface area contributed by atoms with E-state index in [1.54, 1.807) is 36.4 Å². The van der Waals surface area contributed by atoms with Gasteiger partial charge in [-0.1, -0.05) is 30.3 Å². The molecule has 9 nitrogen and oxygen atoms in total. The van der Waals surface area contributed by atoms with Gasteiger partial charge in [-0.3, -0.25) is 29.5 Å². The molecule has 3 aliphatic heterocycles. The van der Waals surface area contributed by atoms with Crippen LogP contribution in [-0.4, -0.2) is 66.6 Å². The van der Waals surface area contributed by atoms with Crippen LogP contribution in [0.2, 0.25) is 0 Å². The van der Waals surface area contributed by atoms with E-state index in [1.807, 2.05) is 29.2 Å². The van der Waals surface area contributed by atoms with Crippen molar-refractivity contribution in [3.8, 4) is 6.07 Å². The number of carbonyl (C=O) groups excluding carboxylic acids is 3. The molecule has 2 unspecified atom stereocenters. The van der Waals surface area contributed by atoms with E-state index in [4.69, 9.17) is 5.26 Å². The van der Waals surface area contributed by atoms with E-state index < -0.39 is 29.6 Å². The van der Waals surface area contributed by atoms with Crippen molar-refractivity contribution in [3.63, 3.8) is 0 Å². The molecule has 4 aromatic rings. The molecule has 7 rings (SSSR count). The number of carbonyl (C=O) groups is 3. The number of halogens is 2. The number of aliphatic hydroxyl groups is 1. The second kappa shape index (κ2) is 12.2. The topological polar surface area (TPSA) is 117 Å². The summed E-state index contributed by atoms with van der Waals surface area (Å²) in [5.41, 5.74) is 3.66. The molecule has 0 aromatic heterocycles. The van der Waals surface area contributed by atoms with Crippen LogP contribution in [-0.2, 0) is 16.0 Å². The van der Waals surface area contributed by atoms with Crippen LogP contribution in [0.1, 0.15) is 51.5 Å². The van der Waals surface area contributed by atoms with E-state index in [0.717, 1.165) is 10.9 Å². The summed E-state index contributed by atoms with van der Waals surface area (Å²) in [5, 5.41) is 23.2. The minimum atomic E-state index is -0.786. The van der Waals surface area contributed by atoms with Gasteiger partial charge in [0, 0.05) is 50.0 Å². The number of hydrogen-bond acceptors (Lipinski definition) is 7. The zero-order valence-corrected chi connectivity index (χ0v) is 25.4. The third-order valence-electron chi connectivity index (χ3n) is 9.53. The molecule has 2 fully saturated rings. The average molecular weight is 636 g/mol. The van der Waals surface area contributed by atoms with Crippen molar-refractivity contribution in [2.75, 3.05) is 42.6 Å². The minimum Gasteiger partial charge on any atom is -0.394 e. The lowest BCUT2D eigenvalue weighted by Crippen LogP contribution is -2.53. The third-order valence-corrected chi connectivity index (χ3v) is 9.53. The number of rotatable bonds is 7. The van der Waals surface area contributed by atoms with Gasteiger partial charge in [0.15, 0.2) is 0 Å². The van der Waals surface area contributed by atoms with Crippen molar-refractivity contribution in [2.24, 2.45) is 0 Å². The van der Waals surface area contributed by atoms with Crippen molar-refractivity contribution in [3.05, 3.63) is 106 Å². The summed E-state index contributed by atoms with van der Waals surface area (Å²) in [5.74, 6) is -2.01. The van der Waals surface area contributed by atoms with E-state index in [0.29, 0.717) is 59.6 Å². The highest BCUT2D eigenvalue weighted by Crippen LogP contribution is 2.41. The first-order valence-corrected chi connectivity index (χ1v) is 15.6. The lowest BCUT2D eigenvalue weighted by atomic mass is 9.94. The Kier molecular flexibility index (Phi) is 7.91. The molecule has 2 saturated heterocycles. The van der Waals surface area contributed by atoms with Crippen molar-refractivity contribution < 1.29 is 28.3 Å². The molecule has 3 aliphatic rings. The number of hydrogen-bond donors (Lipinski definition) is 2. The van der Waals surface area contributed by atoms with Crippen LogP contribution in [0.15, 0.2) is 66.7 Å². The van der Waals surface area contributed by atoms with Gasteiger partial charge >= 0.3 is 0 Å². The first kappa shape index (κ1) is 30.5. The Labute approximate surface area is 269 Å². The first-order chi connectivity index (χ1) is 22.8. The number of aliphatic hydroxyl groups excluding tert-OH is 1. The number of imide groups is 1. The SMILES string of the molecule is N#Cc1ccc(N2CCN(C(CO)c3ccc(Cc4ccc5c6c(cccc46)C(=O)N5C4CCC(=O)NC4=O)c(F)c3)CC2)c(F)c1. The van der Waals surface area contributed by atoms with Crippen molar-refractivity contribution in [1.29, 1.82) is 5.26 Å². The molecule has 3 amide bonds. The lowest BCUT2D eigenvalue weighted by molar-refractivity contribution is -0.134. The van der Waals surface area contributed by atoms with Crippen LogP contribution >= 0.6 is 0 Å². The van der Waals surface area contributed by atoms with Crippen LogP contribution in [0.5, 0.6) is 0 Å². The van der Waals surface area contributed by atoms with Gasteiger partial charge in [0.25, 0.3) is 5.91 Å². The second-order valence-electron chi connectivity index (χ2n) is 12.1. The summed E-state index contributed by atoms with van der Waals surface area (Å²) < 4.78 is 30.3. The van der Waals surface area contributed by atoms with E-state index in [-0.39, 0.29) is 43.2 Å². The maximum absolute atomic E-state index is 15.7. The van der Waals surface area contributed by atoms with Crippen LogP contribution in [0.25, 0.3) is 10.8 Å². The number of benzene rings is 4. The average Bonchev–Trinajstić information content (AvgIpc) is 3.36. The smallest absolute Gasteiger partial charge is 0.259 e. The summed E-state index contributed by atoms with van der Waals surface area (Å²) in [6.45, 7) is 1.87. The Morgan fingerprint density at radius 2 is 1.68 bits per heavy atom. The van der Waals surface area contributed by atoms with Crippen LogP contribution in [0, 0.1) is 23.0 Å². The molecule has 2 atom stereocenters. The van der Waals surface area contributed by atoms with Crippen molar-refractivity contribution in [2.45, 2.75) is 31.3 Å². The summed E-state index contributed by atoms with van der Waals surface area (Å²) in [6.07, 6.45) is 0.655. The third kappa shape index (κ3) is 5.39. The highest BCUT2D eigenvalue weighted by atomic mass is 19.1. The van der Waals surface area contributed by atoms with Gasteiger partial charge in [0.1, 0.15) is 17.7 Å². The molecule has 11 heteroatoms.